The van der Waals surface area contributed by atoms with Gasteiger partial charge in [-0.1, -0.05) is 11.5 Å². The quantitative estimate of drug-likeness (QED) is 0.813. The molecule has 2 heterocycles. The van der Waals surface area contributed by atoms with Crippen LogP contribution in [0.1, 0.15) is 26.2 Å². The smallest absolute Gasteiger partial charge is 0.239 e. The highest BCUT2D eigenvalue weighted by molar-refractivity contribution is 7.89. The summed E-state index contributed by atoms with van der Waals surface area (Å²) in [6.07, 6.45) is 2.83. The number of hydrogen-bond acceptors (Lipinski definition) is 5. The fourth-order valence-electron chi connectivity index (χ4n) is 2.64. The molecule has 1 aromatic carbocycles. The molecule has 9 heteroatoms. The minimum Gasteiger partial charge on any atom is -0.239 e. The van der Waals surface area contributed by atoms with E-state index < -0.39 is 15.8 Å². The standard InChI is InChI=1S/C13H16N4O4S/c1-10-4-2-3-9-16(10)22(19,20)12-7-5-11(6-8-12)17-14-13(18)21-15-17/h5-8,10H,2-4,9H2,1H3/p+1/t10-/m1/s1. The van der Waals surface area contributed by atoms with Gasteiger partial charge in [0.1, 0.15) is 0 Å². The van der Waals surface area contributed by atoms with E-state index in [0.717, 1.165) is 24.1 Å². The van der Waals surface area contributed by atoms with E-state index in [2.05, 4.69) is 14.9 Å². The lowest BCUT2D eigenvalue weighted by atomic mass is 10.1. The van der Waals surface area contributed by atoms with Gasteiger partial charge in [-0.05, 0) is 31.9 Å². The number of nitrogens with zero attached hydrogens (tertiary/aromatic N) is 3. The first kappa shape index (κ1) is 14.9. The molecule has 3 rings (SSSR count). The molecule has 1 fully saturated rings. The van der Waals surface area contributed by atoms with Crippen LogP contribution in [0.5, 0.6) is 0 Å². The molecule has 8 nitrogen and oxygen atoms in total. The van der Waals surface area contributed by atoms with E-state index in [4.69, 9.17) is 0 Å². The fraction of sp³-hybridized carbons (Fsp3) is 0.462. The van der Waals surface area contributed by atoms with Crippen molar-refractivity contribution >= 4 is 10.0 Å². The van der Waals surface area contributed by atoms with Crippen LogP contribution in [0.15, 0.2) is 38.5 Å². The molecule has 1 atom stereocenters. The maximum Gasteiger partial charge on any atom is 0.493 e. The Bertz CT molecular complexity index is 809. The third-order valence-electron chi connectivity index (χ3n) is 3.83. The SMILES string of the molecule is C[C@@H]1CCCCN1S(=O)(=O)c1ccc(-[n+]2noc(=O)[nH]2)cc1. The fourth-order valence-corrected chi connectivity index (χ4v) is 4.34. The molecule has 0 saturated carbocycles. The highest BCUT2D eigenvalue weighted by atomic mass is 32.2. The monoisotopic (exact) mass is 325 g/mol. The Morgan fingerprint density at radius 1 is 1.32 bits per heavy atom. The average molecular weight is 325 g/mol. The van der Waals surface area contributed by atoms with E-state index in [1.165, 1.54) is 12.1 Å². The number of rotatable bonds is 3. The molecule has 1 saturated heterocycles. The van der Waals surface area contributed by atoms with Crippen LogP contribution >= 0.6 is 0 Å². The molecule has 0 bridgehead atoms. The topological polar surface area (TPSA) is 100 Å². The molecule has 1 aliphatic rings. The Labute approximate surface area is 127 Å². The first-order valence-corrected chi connectivity index (χ1v) is 8.53. The summed E-state index contributed by atoms with van der Waals surface area (Å²) >= 11 is 0. The van der Waals surface area contributed by atoms with Gasteiger partial charge >= 0.3 is 5.76 Å². The Balaban J connectivity index is 1.90. The second-order valence-electron chi connectivity index (χ2n) is 5.34. The van der Waals surface area contributed by atoms with Crippen molar-refractivity contribution in [1.82, 2.24) is 14.7 Å². The van der Waals surface area contributed by atoms with Crippen LogP contribution in [0.3, 0.4) is 0 Å². The van der Waals surface area contributed by atoms with Crippen molar-refractivity contribution in [2.75, 3.05) is 6.54 Å². The summed E-state index contributed by atoms with van der Waals surface area (Å²) < 4.78 is 31.3. The van der Waals surface area contributed by atoms with Crippen molar-refractivity contribution < 1.29 is 17.7 Å². The number of H-pyrrole nitrogens is 1. The number of aromatic amines is 1. The molecular weight excluding hydrogens is 308 g/mol. The van der Waals surface area contributed by atoms with Crippen molar-refractivity contribution in [3.05, 3.63) is 34.8 Å². The molecule has 0 unspecified atom stereocenters. The molecule has 1 aliphatic heterocycles. The van der Waals surface area contributed by atoms with Crippen molar-refractivity contribution in [2.24, 2.45) is 0 Å². The van der Waals surface area contributed by atoms with E-state index in [1.54, 1.807) is 16.4 Å². The molecule has 0 radical (unpaired) electrons. The molecular formula is C13H17N4O4S+. The molecule has 0 aliphatic carbocycles. The van der Waals surface area contributed by atoms with Gasteiger partial charge in [0.25, 0.3) is 5.69 Å². The lowest BCUT2D eigenvalue weighted by molar-refractivity contribution is -0.725. The highest BCUT2D eigenvalue weighted by Gasteiger charge is 2.31. The van der Waals surface area contributed by atoms with Crippen molar-refractivity contribution in [3.8, 4) is 5.69 Å². The van der Waals surface area contributed by atoms with Gasteiger partial charge in [0, 0.05) is 24.7 Å². The maximum atomic E-state index is 12.7. The number of nitrogens with one attached hydrogen (secondary N) is 1. The van der Waals surface area contributed by atoms with Crippen LogP contribution in [-0.2, 0) is 10.0 Å². The Morgan fingerprint density at radius 2 is 2.05 bits per heavy atom. The lowest BCUT2D eigenvalue weighted by Gasteiger charge is -2.32. The second kappa shape index (κ2) is 5.65. The van der Waals surface area contributed by atoms with Crippen LogP contribution in [0.4, 0.5) is 0 Å². The summed E-state index contributed by atoms with van der Waals surface area (Å²) in [5, 5.41) is 5.84. The normalized spacial score (nSPS) is 20.1. The zero-order valence-corrected chi connectivity index (χ0v) is 12.9. The zero-order chi connectivity index (χ0) is 15.7. The third-order valence-corrected chi connectivity index (χ3v) is 5.86. The van der Waals surface area contributed by atoms with Crippen LogP contribution in [0, 0.1) is 0 Å². The Morgan fingerprint density at radius 3 is 2.64 bits per heavy atom. The number of hydrogen-bond donors (Lipinski definition) is 1. The summed E-state index contributed by atoms with van der Waals surface area (Å²) in [6.45, 7) is 2.48. The van der Waals surface area contributed by atoms with Crippen molar-refractivity contribution in [3.63, 3.8) is 0 Å². The van der Waals surface area contributed by atoms with Gasteiger partial charge < -0.3 is 0 Å². The van der Waals surface area contributed by atoms with Gasteiger partial charge in [-0.3, -0.25) is 0 Å². The van der Waals surface area contributed by atoms with Crippen LogP contribution in [-0.4, -0.2) is 35.7 Å². The van der Waals surface area contributed by atoms with Gasteiger partial charge in [-0.2, -0.15) is 4.31 Å². The molecule has 0 spiro atoms. The van der Waals surface area contributed by atoms with Crippen LogP contribution in [0.2, 0.25) is 0 Å². The van der Waals surface area contributed by atoms with Gasteiger partial charge in [0.15, 0.2) is 0 Å². The minimum atomic E-state index is -3.50. The van der Waals surface area contributed by atoms with Crippen LogP contribution < -0.4 is 10.6 Å². The van der Waals surface area contributed by atoms with E-state index in [9.17, 15) is 13.2 Å². The summed E-state index contributed by atoms with van der Waals surface area (Å²) in [6, 6.07) is 6.16. The number of piperidine rings is 1. The van der Waals surface area contributed by atoms with E-state index in [1.807, 2.05) is 6.92 Å². The number of aromatic nitrogens is 3. The summed E-state index contributed by atoms with van der Waals surface area (Å²) in [4.78, 5) is 12.3. The van der Waals surface area contributed by atoms with Crippen LogP contribution in [0.25, 0.3) is 5.69 Å². The third kappa shape index (κ3) is 2.69. The predicted octanol–water partition coefficient (Wildman–Crippen LogP) is 0.203. The molecule has 22 heavy (non-hydrogen) atoms. The lowest BCUT2D eigenvalue weighted by Crippen LogP contribution is -2.42. The second-order valence-corrected chi connectivity index (χ2v) is 7.23. The average Bonchev–Trinajstić information content (AvgIpc) is 2.94. The minimum absolute atomic E-state index is 0.0136. The molecule has 1 N–H and O–H groups in total. The first-order valence-electron chi connectivity index (χ1n) is 7.09. The molecule has 0 amide bonds. The molecule has 2 aromatic rings. The molecule has 1 aromatic heterocycles. The van der Waals surface area contributed by atoms with Crippen molar-refractivity contribution in [1.29, 1.82) is 0 Å². The summed E-state index contributed by atoms with van der Waals surface area (Å²) in [5.74, 6) is -0.682. The Kier molecular flexibility index (Phi) is 3.83. The maximum absolute atomic E-state index is 12.7. The number of benzene rings is 1. The largest absolute Gasteiger partial charge is 0.493 e. The summed E-state index contributed by atoms with van der Waals surface area (Å²) in [7, 11) is -3.50. The van der Waals surface area contributed by atoms with Crippen molar-refractivity contribution in [2.45, 2.75) is 37.1 Å². The summed E-state index contributed by atoms with van der Waals surface area (Å²) in [5.41, 5.74) is 0.511. The van der Waals surface area contributed by atoms with E-state index in [0.29, 0.717) is 12.2 Å². The van der Waals surface area contributed by atoms with Gasteiger partial charge in [0.05, 0.1) is 9.69 Å². The highest BCUT2D eigenvalue weighted by Crippen LogP contribution is 2.25. The van der Waals surface area contributed by atoms with E-state index in [-0.39, 0.29) is 10.9 Å². The van der Waals surface area contributed by atoms with Gasteiger partial charge in [0.2, 0.25) is 15.3 Å². The number of sulfonamides is 1. The predicted molar refractivity (Wildman–Crippen MR) is 75.9 cm³/mol. The van der Waals surface area contributed by atoms with Gasteiger partial charge in [-0.15, -0.1) is 0 Å². The zero-order valence-electron chi connectivity index (χ0n) is 12.1. The molecule has 118 valence electrons. The first-order chi connectivity index (χ1) is 10.5. The Hall–Kier alpha value is -2.00. The van der Waals surface area contributed by atoms with E-state index >= 15 is 0 Å². The van der Waals surface area contributed by atoms with Gasteiger partial charge in [-0.25, -0.2) is 17.7 Å².